The Morgan fingerprint density at radius 2 is 2.32 bits per heavy atom. The maximum atomic E-state index is 10.7. The highest BCUT2D eigenvalue weighted by Gasteiger charge is 2.42. The first-order valence-electron chi connectivity index (χ1n) is 9.34. The number of aliphatic imine (C=N–C) groups is 1. The predicted octanol–water partition coefficient (Wildman–Crippen LogP) is 2.91. The van der Waals surface area contributed by atoms with Crippen molar-refractivity contribution in [1.29, 1.82) is 0 Å². The maximum Gasteiger partial charge on any atom is 0.303 e. The smallest absolute Gasteiger partial charge is 0.303 e. The first kappa shape index (κ1) is 16.5. The standard InChI is InChI=1S/C19H25N3O3/c23-18(24)10-13-9-16(13)17-11-15(22-25-17)5-1-4-14-7-6-12-3-2-8-20-19(12)21-14/h6-7,11-13,16,19-20H,1-5,8-10H2,(H,23,24). The van der Waals surface area contributed by atoms with Crippen LogP contribution in [0.15, 0.2) is 27.7 Å². The number of aliphatic carboxylic acids is 1. The molecule has 2 N–H and O–H groups in total. The van der Waals surface area contributed by atoms with Crippen LogP contribution < -0.4 is 5.32 Å². The van der Waals surface area contributed by atoms with Gasteiger partial charge < -0.3 is 9.63 Å². The number of piperidine rings is 1. The molecule has 3 heterocycles. The normalized spacial score (nSPS) is 30.6. The van der Waals surface area contributed by atoms with Crippen LogP contribution in [0.1, 0.15) is 55.9 Å². The van der Waals surface area contributed by atoms with Crippen LogP contribution in [-0.2, 0) is 11.2 Å². The summed E-state index contributed by atoms with van der Waals surface area (Å²) >= 11 is 0. The summed E-state index contributed by atoms with van der Waals surface area (Å²) in [6.07, 6.45) is 11.2. The second kappa shape index (κ2) is 7.12. The molecule has 0 radical (unpaired) electrons. The van der Waals surface area contributed by atoms with E-state index in [1.807, 2.05) is 6.07 Å². The van der Waals surface area contributed by atoms with Crippen LogP contribution in [0.25, 0.3) is 0 Å². The first-order valence-corrected chi connectivity index (χ1v) is 9.34. The zero-order valence-electron chi connectivity index (χ0n) is 14.4. The van der Waals surface area contributed by atoms with Crippen molar-refractivity contribution in [3.63, 3.8) is 0 Å². The molecule has 1 saturated carbocycles. The van der Waals surface area contributed by atoms with Gasteiger partial charge in [-0.05, 0) is 57.1 Å². The highest BCUT2D eigenvalue weighted by Crippen LogP contribution is 2.49. The topological polar surface area (TPSA) is 87.7 Å². The van der Waals surface area contributed by atoms with Gasteiger partial charge in [-0.1, -0.05) is 11.2 Å². The van der Waals surface area contributed by atoms with E-state index in [0.717, 1.165) is 43.7 Å². The van der Waals surface area contributed by atoms with Crippen LogP contribution in [0.4, 0.5) is 0 Å². The summed E-state index contributed by atoms with van der Waals surface area (Å²) in [6, 6.07) is 2.00. The Morgan fingerprint density at radius 1 is 1.40 bits per heavy atom. The van der Waals surface area contributed by atoms with Crippen LogP contribution in [0, 0.1) is 11.8 Å². The molecule has 3 aliphatic rings. The molecule has 134 valence electrons. The van der Waals surface area contributed by atoms with Crippen LogP contribution in [0.3, 0.4) is 0 Å². The third-order valence-corrected chi connectivity index (χ3v) is 5.48. The summed E-state index contributed by atoms with van der Waals surface area (Å²) in [7, 11) is 0. The number of fused-ring (bicyclic) bond motifs is 1. The molecule has 2 aliphatic heterocycles. The average Bonchev–Trinajstić information content (AvgIpc) is 3.19. The lowest BCUT2D eigenvalue weighted by Crippen LogP contribution is -2.41. The molecule has 0 aromatic carbocycles. The number of carbonyl (C=O) groups is 1. The van der Waals surface area contributed by atoms with Gasteiger partial charge >= 0.3 is 5.97 Å². The van der Waals surface area contributed by atoms with E-state index >= 15 is 0 Å². The lowest BCUT2D eigenvalue weighted by Gasteiger charge is -2.30. The molecule has 6 nitrogen and oxygen atoms in total. The van der Waals surface area contributed by atoms with Gasteiger partial charge in [-0.15, -0.1) is 0 Å². The van der Waals surface area contributed by atoms with Crippen LogP contribution in [0.2, 0.25) is 0 Å². The SMILES string of the molecule is O=C(O)CC1CC1c1cc(CCCC2=NC3NCCCC3C=C2)no1. The Balaban J connectivity index is 1.24. The Bertz CT molecular complexity index is 694. The molecule has 2 fully saturated rings. The van der Waals surface area contributed by atoms with Crippen molar-refractivity contribution >= 4 is 11.7 Å². The highest BCUT2D eigenvalue weighted by atomic mass is 16.5. The number of rotatable bonds is 7. The molecule has 6 heteroatoms. The van der Waals surface area contributed by atoms with Crippen LogP contribution >= 0.6 is 0 Å². The van der Waals surface area contributed by atoms with Gasteiger partial charge in [0.2, 0.25) is 0 Å². The van der Waals surface area contributed by atoms with E-state index in [1.54, 1.807) is 0 Å². The van der Waals surface area contributed by atoms with E-state index < -0.39 is 5.97 Å². The van der Waals surface area contributed by atoms with Crippen LogP contribution in [-0.4, -0.2) is 34.7 Å². The number of aromatic nitrogens is 1. The monoisotopic (exact) mass is 343 g/mol. The summed E-state index contributed by atoms with van der Waals surface area (Å²) in [5, 5.41) is 16.5. The maximum absolute atomic E-state index is 10.7. The van der Waals surface area contributed by atoms with Crippen molar-refractivity contribution in [3.05, 3.63) is 29.7 Å². The molecule has 1 aromatic heterocycles. The molecule has 1 aliphatic carbocycles. The number of dihydropyridines is 1. The molecule has 4 rings (SSSR count). The molecule has 1 aromatic rings. The molecular formula is C19H25N3O3. The quantitative estimate of drug-likeness (QED) is 0.795. The number of aryl methyl sites for hydroxylation is 1. The second-order valence-corrected chi connectivity index (χ2v) is 7.46. The van der Waals surface area contributed by atoms with Gasteiger partial charge in [-0.3, -0.25) is 15.1 Å². The van der Waals surface area contributed by atoms with Gasteiger partial charge in [0.05, 0.1) is 5.69 Å². The minimum absolute atomic E-state index is 0.218. The number of nitrogens with one attached hydrogen (secondary N) is 1. The van der Waals surface area contributed by atoms with Gasteiger partial charge in [0.15, 0.2) is 0 Å². The third kappa shape index (κ3) is 4.00. The Kier molecular flexibility index (Phi) is 4.70. The fourth-order valence-corrected chi connectivity index (χ4v) is 3.96. The number of hydrogen-bond acceptors (Lipinski definition) is 5. The molecule has 4 atom stereocenters. The van der Waals surface area contributed by atoms with Crippen LogP contribution in [0.5, 0.6) is 0 Å². The lowest BCUT2D eigenvalue weighted by atomic mass is 9.92. The molecular weight excluding hydrogens is 318 g/mol. The minimum Gasteiger partial charge on any atom is -0.481 e. The van der Waals surface area contributed by atoms with E-state index in [-0.39, 0.29) is 24.4 Å². The van der Waals surface area contributed by atoms with Gasteiger partial charge in [0, 0.05) is 30.0 Å². The number of allylic oxidation sites excluding steroid dienone is 1. The molecule has 25 heavy (non-hydrogen) atoms. The van der Waals surface area contributed by atoms with E-state index in [4.69, 9.17) is 14.6 Å². The van der Waals surface area contributed by atoms with Gasteiger partial charge in [0.1, 0.15) is 11.9 Å². The fourth-order valence-electron chi connectivity index (χ4n) is 3.96. The minimum atomic E-state index is -0.733. The Hall–Kier alpha value is -1.95. The predicted molar refractivity (Wildman–Crippen MR) is 93.6 cm³/mol. The third-order valence-electron chi connectivity index (χ3n) is 5.48. The molecule has 1 saturated heterocycles. The van der Waals surface area contributed by atoms with Crippen molar-refractivity contribution in [1.82, 2.24) is 10.5 Å². The Labute approximate surface area is 147 Å². The first-order chi connectivity index (χ1) is 12.2. The Morgan fingerprint density at radius 3 is 3.20 bits per heavy atom. The van der Waals surface area contributed by atoms with Gasteiger partial charge in [0.25, 0.3) is 0 Å². The highest BCUT2D eigenvalue weighted by molar-refractivity contribution is 5.95. The summed E-state index contributed by atoms with van der Waals surface area (Å²) in [5.74, 6) is 1.15. The second-order valence-electron chi connectivity index (χ2n) is 7.46. The van der Waals surface area contributed by atoms with Crippen molar-refractivity contribution in [2.24, 2.45) is 16.8 Å². The molecule has 0 bridgehead atoms. The number of hydrogen-bond donors (Lipinski definition) is 2. The zero-order chi connectivity index (χ0) is 17.2. The summed E-state index contributed by atoms with van der Waals surface area (Å²) in [6.45, 7) is 1.07. The van der Waals surface area contributed by atoms with E-state index in [2.05, 4.69) is 22.6 Å². The summed E-state index contributed by atoms with van der Waals surface area (Å²) in [4.78, 5) is 15.6. The fraction of sp³-hybridized carbons (Fsp3) is 0.632. The van der Waals surface area contributed by atoms with E-state index in [1.165, 1.54) is 18.6 Å². The summed E-state index contributed by atoms with van der Waals surface area (Å²) in [5.41, 5.74) is 2.13. The van der Waals surface area contributed by atoms with Gasteiger partial charge in [-0.25, -0.2) is 0 Å². The van der Waals surface area contributed by atoms with Crippen molar-refractivity contribution < 1.29 is 14.4 Å². The lowest BCUT2D eigenvalue weighted by molar-refractivity contribution is -0.137. The van der Waals surface area contributed by atoms with Crippen molar-refractivity contribution in [2.75, 3.05) is 6.54 Å². The average molecular weight is 343 g/mol. The van der Waals surface area contributed by atoms with E-state index in [0.29, 0.717) is 5.92 Å². The van der Waals surface area contributed by atoms with Crippen molar-refractivity contribution in [2.45, 2.75) is 57.0 Å². The number of carboxylic acids is 1. The number of carboxylic acid groups (broad SMARTS) is 1. The molecule has 0 amide bonds. The molecule has 0 spiro atoms. The summed E-state index contributed by atoms with van der Waals surface area (Å²) < 4.78 is 5.42. The largest absolute Gasteiger partial charge is 0.481 e. The molecule has 4 unspecified atom stereocenters. The number of nitrogens with zero attached hydrogens (tertiary/aromatic N) is 2. The zero-order valence-corrected chi connectivity index (χ0v) is 14.4. The van der Waals surface area contributed by atoms with Crippen molar-refractivity contribution in [3.8, 4) is 0 Å². The van der Waals surface area contributed by atoms with Gasteiger partial charge in [-0.2, -0.15) is 0 Å². The van der Waals surface area contributed by atoms with E-state index in [9.17, 15) is 4.79 Å².